The minimum atomic E-state index is -5.68. The number of rotatable bonds is 3. The fraction of sp³-hybridized carbons (Fsp3) is 0.556. The first-order valence-electron chi connectivity index (χ1n) is 8.26. The van der Waals surface area contributed by atoms with Gasteiger partial charge in [0.25, 0.3) is 0 Å². The van der Waals surface area contributed by atoms with Crippen molar-refractivity contribution in [1.82, 2.24) is 0 Å². The molecule has 0 amide bonds. The van der Waals surface area contributed by atoms with Crippen LogP contribution in [0.1, 0.15) is 55.7 Å². The van der Waals surface area contributed by atoms with Gasteiger partial charge in [0, 0.05) is 17.4 Å². The van der Waals surface area contributed by atoms with Crippen LogP contribution in [0.2, 0.25) is 0 Å². The highest BCUT2D eigenvalue weighted by Crippen LogP contribution is 2.57. The van der Waals surface area contributed by atoms with Crippen LogP contribution in [0, 0.1) is 18.8 Å². The van der Waals surface area contributed by atoms with E-state index in [4.69, 9.17) is 0 Å². The molecule has 0 spiro atoms. The van der Waals surface area contributed by atoms with E-state index in [2.05, 4.69) is 24.1 Å². The molecule has 0 aromatic heterocycles. The van der Waals surface area contributed by atoms with E-state index in [-0.39, 0.29) is 17.6 Å². The molecule has 0 saturated heterocycles. The molecule has 0 fully saturated rings. The Hall–Kier alpha value is -1.50. The maximum absolute atomic E-state index is 12.7. The summed E-state index contributed by atoms with van der Waals surface area (Å²) in [5.74, 6) is 0.590. The predicted molar refractivity (Wildman–Crippen MR) is 89.0 cm³/mol. The van der Waals surface area contributed by atoms with E-state index < -0.39 is 15.6 Å². The first-order valence-corrected chi connectivity index (χ1v) is 9.67. The van der Waals surface area contributed by atoms with Crippen molar-refractivity contribution in [2.45, 2.75) is 51.5 Å². The molecule has 3 nitrogen and oxygen atoms in total. The number of halogens is 3. The van der Waals surface area contributed by atoms with Gasteiger partial charge in [0.15, 0.2) is 0 Å². The van der Waals surface area contributed by atoms with Crippen molar-refractivity contribution in [3.05, 3.63) is 40.5 Å². The van der Waals surface area contributed by atoms with E-state index >= 15 is 0 Å². The maximum Gasteiger partial charge on any atom is 0.534 e. The van der Waals surface area contributed by atoms with E-state index in [1.54, 1.807) is 6.07 Å². The Balaban J connectivity index is 2.15. The van der Waals surface area contributed by atoms with Crippen LogP contribution in [0.5, 0.6) is 5.75 Å². The number of hydrogen-bond acceptors (Lipinski definition) is 3. The van der Waals surface area contributed by atoms with E-state index in [0.717, 1.165) is 23.1 Å². The van der Waals surface area contributed by atoms with Crippen LogP contribution in [0.25, 0.3) is 0 Å². The molecule has 7 heteroatoms. The van der Waals surface area contributed by atoms with Crippen molar-refractivity contribution >= 4 is 10.1 Å². The lowest BCUT2D eigenvalue weighted by atomic mass is 9.59. The van der Waals surface area contributed by atoms with Crippen LogP contribution < -0.4 is 4.18 Å². The Labute approximate surface area is 146 Å². The fourth-order valence-electron chi connectivity index (χ4n) is 4.22. The quantitative estimate of drug-likeness (QED) is 0.424. The maximum atomic E-state index is 12.7. The molecular formula is C18H21F3O3S. The summed E-state index contributed by atoms with van der Waals surface area (Å²) in [6.45, 7) is 8.12. The number of alkyl halides is 3. The summed E-state index contributed by atoms with van der Waals surface area (Å²) in [6.07, 6.45) is 2.97. The molecule has 4 rings (SSSR count). The summed E-state index contributed by atoms with van der Waals surface area (Å²) in [6, 6.07) is 2.98. The van der Waals surface area contributed by atoms with E-state index in [9.17, 15) is 21.6 Å². The Kier molecular flexibility index (Phi) is 4.21. The average Bonchev–Trinajstić information content (AvgIpc) is 2.48. The number of allylic oxidation sites excluding steroid dienone is 2. The first kappa shape index (κ1) is 18.3. The Morgan fingerprint density at radius 3 is 2.36 bits per heavy atom. The number of benzene rings is 1. The number of fused-ring (bicyclic) bond motifs is 1. The molecule has 0 heterocycles. The van der Waals surface area contributed by atoms with E-state index in [1.165, 1.54) is 6.07 Å². The molecule has 3 aliphatic carbocycles. The second-order valence-corrected chi connectivity index (χ2v) is 8.86. The van der Waals surface area contributed by atoms with Gasteiger partial charge in [-0.05, 0) is 49.3 Å². The topological polar surface area (TPSA) is 43.4 Å². The number of aryl methyl sites for hydroxylation is 1. The standard InChI is InChI=1S/C18H21F3O3S/c1-9(2)12-8-13-11(4)7-14(12)16-10(3)5-6-15(17(13)16)24-25(22,23)18(19,20)21/h5-7,9,12-14H,8H2,1-4H3. The summed E-state index contributed by atoms with van der Waals surface area (Å²) < 4.78 is 65.7. The highest BCUT2D eigenvalue weighted by molar-refractivity contribution is 7.88. The van der Waals surface area contributed by atoms with Crippen LogP contribution in [0.4, 0.5) is 13.2 Å². The first-order chi connectivity index (χ1) is 11.4. The van der Waals surface area contributed by atoms with Gasteiger partial charge in [-0.1, -0.05) is 31.6 Å². The molecule has 0 N–H and O–H groups in total. The van der Waals surface area contributed by atoms with Crippen molar-refractivity contribution in [2.75, 3.05) is 0 Å². The summed E-state index contributed by atoms with van der Waals surface area (Å²) in [5, 5.41) is 0. The molecule has 1 aromatic rings. The van der Waals surface area contributed by atoms with E-state index in [0.29, 0.717) is 17.4 Å². The van der Waals surface area contributed by atoms with Gasteiger partial charge < -0.3 is 4.18 Å². The van der Waals surface area contributed by atoms with Crippen LogP contribution in [0.15, 0.2) is 23.8 Å². The summed E-state index contributed by atoms with van der Waals surface area (Å²) in [5.41, 5.74) is -1.89. The summed E-state index contributed by atoms with van der Waals surface area (Å²) in [7, 11) is -5.68. The number of hydrogen-bond donors (Lipinski definition) is 0. The van der Waals surface area contributed by atoms with Gasteiger partial charge in [-0.3, -0.25) is 0 Å². The average molecular weight is 374 g/mol. The zero-order valence-electron chi connectivity index (χ0n) is 14.5. The normalized spacial score (nSPS) is 25.8. The smallest absolute Gasteiger partial charge is 0.376 e. The van der Waals surface area contributed by atoms with Crippen molar-refractivity contribution in [3.63, 3.8) is 0 Å². The molecule has 2 bridgehead atoms. The van der Waals surface area contributed by atoms with Crippen LogP contribution in [-0.2, 0) is 10.1 Å². The van der Waals surface area contributed by atoms with Crippen LogP contribution in [-0.4, -0.2) is 13.9 Å². The Bertz CT molecular complexity index is 838. The fourth-order valence-corrected chi connectivity index (χ4v) is 4.70. The zero-order valence-corrected chi connectivity index (χ0v) is 15.3. The molecule has 25 heavy (non-hydrogen) atoms. The van der Waals surface area contributed by atoms with Gasteiger partial charge in [0.1, 0.15) is 5.75 Å². The highest BCUT2D eigenvalue weighted by Gasteiger charge is 2.50. The van der Waals surface area contributed by atoms with Crippen LogP contribution >= 0.6 is 0 Å². The molecule has 0 radical (unpaired) electrons. The second-order valence-electron chi connectivity index (χ2n) is 7.32. The van der Waals surface area contributed by atoms with Crippen molar-refractivity contribution in [1.29, 1.82) is 0 Å². The minimum absolute atomic E-state index is 0.0807. The molecule has 1 aromatic carbocycles. The van der Waals surface area contributed by atoms with Crippen molar-refractivity contribution in [2.24, 2.45) is 11.8 Å². The molecule has 3 aliphatic rings. The van der Waals surface area contributed by atoms with Gasteiger partial charge in [0.2, 0.25) is 0 Å². The lowest BCUT2D eigenvalue weighted by molar-refractivity contribution is -0.0500. The van der Waals surface area contributed by atoms with Crippen molar-refractivity contribution in [3.8, 4) is 5.75 Å². The lowest BCUT2D eigenvalue weighted by Gasteiger charge is -2.45. The molecule has 0 saturated carbocycles. The highest BCUT2D eigenvalue weighted by atomic mass is 32.2. The zero-order chi connectivity index (χ0) is 18.7. The third-order valence-electron chi connectivity index (χ3n) is 5.45. The predicted octanol–water partition coefficient (Wildman–Crippen LogP) is 5.03. The molecule has 0 aliphatic heterocycles. The Morgan fingerprint density at radius 2 is 1.80 bits per heavy atom. The third kappa shape index (κ3) is 2.86. The minimum Gasteiger partial charge on any atom is -0.376 e. The van der Waals surface area contributed by atoms with E-state index in [1.807, 2.05) is 13.8 Å². The monoisotopic (exact) mass is 374 g/mol. The van der Waals surface area contributed by atoms with Crippen molar-refractivity contribution < 1.29 is 25.8 Å². The molecule has 3 atom stereocenters. The lowest BCUT2D eigenvalue weighted by Crippen LogP contribution is -2.34. The summed E-state index contributed by atoms with van der Waals surface area (Å²) >= 11 is 0. The molecule has 138 valence electrons. The molecule has 3 unspecified atom stereocenters. The summed E-state index contributed by atoms with van der Waals surface area (Å²) in [4.78, 5) is 0. The van der Waals surface area contributed by atoms with Gasteiger partial charge in [-0.15, -0.1) is 0 Å². The van der Waals surface area contributed by atoms with Gasteiger partial charge >= 0.3 is 15.6 Å². The Morgan fingerprint density at radius 1 is 1.16 bits per heavy atom. The van der Waals surface area contributed by atoms with Gasteiger partial charge in [0.05, 0.1) is 0 Å². The largest absolute Gasteiger partial charge is 0.534 e. The van der Waals surface area contributed by atoms with Crippen LogP contribution in [0.3, 0.4) is 0 Å². The second kappa shape index (κ2) is 5.76. The van der Waals surface area contributed by atoms with Gasteiger partial charge in [-0.2, -0.15) is 21.6 Å². The SMILES string of the molecule is CC1=CC2c3c(C)ccc(OS(=O)(=O)C(F)(F)F)c3C1CC2C(C)C. The van der Waals surface area contributed by atoms with Gasteiger partial charge in [-0.25, -0.2) is 0 Å². The third-order valence-corrected chi connectivity index (χ3v) is 6.41. The molecular weight excluding hydrogens is 353 g/mol.